The van der Waals surface area contributed by atoms with Crippen LogP contribution in [-0.2, 0) is 11.3 Å². The van der Waals surface area contributed by atoms with Gasteiger partial charge >= 0.3 is 6.09 Å². The lowest BCUT2D eigenvalue weighted by molar-refractivity contribution is 0.0522. The van der Waals surface area contributed by atoms with Gasteiger partial charge in [0.1, 0.15) is 11.3 Å². The van der Waals surface area contributed by atoms with E-state index in [1.807, 2.05) is 0 Å². The number of aromatic nitrogens is 4. The highest BCUT2D eigenvalue weighted by molar-refractivity contribution is 6.69. The maximum atomic E-state index is 11.6. The molecule has 0 saturated heterocycles. The van der Waals surface area contributed by atoms with Gasteiger partial charge in [-0.2, -0.15) is 9.61 Å². The van der Waals surface area contributed by atoms with Gasteiger partial charge in [-0.1, -0.05) is 16.8 Å². The van der Waals surface area contributed by atoms with E-state index in [0.717, 1.165) is 0 Å². The first-order valence-corrected chi connectivity index (χ1v) is 6.74. The van der Waals surface area contributed by atoms with Gasteiger partial charge in [-0.3, -0.25) is 0 Å². The molecule has 0 aliphatic rings. The van der Waals surface area contributed by atoms with E-state index in [1.54, 1.807) is 26.8 Å². The van der Waals surface area contributed by atoms with Gasteiger partial charge in [-0.25, -0.2) is 4.79 Å². The van der Waals surface area contributed by atoms with E-state index in [0.29, 0.717) is 11.5 Å². The first-order chi connectivity index (χ1) is 10.3. The second-order valence-corrected chi connectivity index (χ2v) is 5.71. The van der Waals surface area contributed by atoms with Crippen molar-refractivity contribution in [2.24, 2.45) is 5.16 Å². The van der Waals surface area contributed by atoms with Gasteiger partial charge in [0.15, 0.2) is 16.6 Å². The van der Waals surface area contributed by atoms with Crippen LogP contribution in [0.2, 0.25) is 0 Å². The first-order valence-electron chi connectivity index (χ1n) is 6.36. The zero-order valence-corrected chi connectivity index (χ0v) is 13.0. The number of fused-ring (bicyclic) bond motifs is 1. The summed E-state index contributed by atoms with van der Waals surface area (Å²) in [5.41, 5.74) is 0.121. The van der Waals surface area contributed by atoms with Crippen LogP contribution in [0.25, 0.3) is 5.65 Å². The highest BCUT2D eigenvalue weighted by Crippen LogP contribution is 2.08. The van der Waals surface area contributed by atoms with Crippen LogP contribution in [0, 0.1) is 0 Å². The number of carbonyl (C=O) groups is 1. The second kappa shape index (κ2) is 6.14. The molecule has 0 bridgehead atoms. The molecule has 2 heterocycles. The number of hydrogen-bond donors (Lipinski definition) is 2. The maximum Gasteiger partial charge on any atom is 0.408 e. The minimum atomic E-state index is -0.590. The molecular formula is C12H15ClN6O3. The Balaban J connectivity index is 2.16. The summed E-state index contributed by atoms with van der Waals surface area (Å²) in [6, 6.07) is 3.15. The van der Waals surface area contributed by atoms with E-state index in [-0.39, 0.29) is 17.4 Å². The molecule has 0 aromatic carbocycles. The van der Waals surface area contributed by atoms with Crippen molar-refractivity contribution in [3.63, 3.8) is 0 Å². The van der Waals surface area contributed by atoms with Crippen LogP contribution in [0.15, 0.2) is 17.3 Å². The number of rotatable bonds is 3. The summed E-state index contributed by atoms with van der Waals surface area (Å²) in [4.78, 5) is 11.6. The highest BCUT2D eigenvalue weighted by atomic mass is 35.5. The molecule has 2 rings (SSSR count). The van der Waals surface area contributed by atoms with Crippen molar-refractivity contribution >= 4 is 28.5 Å². The van der Waals surface area contributed by atoms with Crippen LogP contribution in [0.4, 0.5) is 4.79 Å². The van der Waals surface area contributed by atoms with Crippen LogP contribution in [-0.4, -0.2) is 41.9 Å². The Labute approximate surface area is 130 Å². The lowest BCUT2D eigenvalue weighted by Crippen LogP contribution is -2.32. The van der Waals surface area contributed by atoms with Crippen LogP contribution >= 0.6 is 11.6 Å². The first kappa shape index (κ1) is 16.0. The van der Waals surface area contributed by atoms with Crippen LogP contribution in [0.3, 0.4) is 0 Å². The van der Waals surface area contributed by atoms with Crippen LogP contribution < -0.4 is 5.32 Å². The average Bonchev–Trinajstić information content (AvgIpc) is 2.84. The fraction of sp³-hybridized carbons (Fsp3) is 0.417. The van der Waals surface area contributed by atoms with E-state index >= 15 is 0 Å². The summed E-state index contributed by atoms with van der Waals surface area (Å²) in [6.45, 7) is 5.37. The van der Waals surface area contributed by atoms with E-state index in [9.17, 15) is 4.79 Å². The summed E-state index contributed by atoms with van der Waals surface area (Å²) in [7, 11) is 0. The third-order valence-corrected chi connectivity index (χ3v) is 2.69. The number of ether oxygens (including phenoxy) is 1. The van der Waals surface area contributed by atoms with Crippen molar-refractivity contribution in [3.8, 4) is 0 Å². The maximum absolute atomic E-state index is 11.6. The van der Waals surface area contributed by atoms with Crippen LogP contribution in [0.5, 0.6) is 0 Å². The number of alkyl carbamates (subject to hydrolysis) is 1. The molecule has 0 saturated carbocycles. The standard InChI is InChI=1S/C12H15ClN6O3/c1-12(2,3)22-11(20)14-6-9-16-15-8-5-4-7(10(13)18-21)17-19(8)9/h4-5,21H,6H2,1-3H3,(H,14,20). The van der Waals surface area contributed by atoms with E-state index < -0.39 is 11.7 Å². The van der Waals surface area contributed by atoms with E-state index in [1.165, 1.54) is 10.6 Å². The molecule has 0 atom stereocenters. The largest absolute Gasteiger partial charge is 0.444 e. The Bertz CT molecular complexity index is 721. The summed E-state index contributed by atoms with van der Waals surface area (Å²) in [6.07, 6.45) is -0.574. The quantitative estimate of drug-likeness (QED) is 0.502. The normalized spacial score (nSPS) is 12.5. The molecule has 0 unspecified atom stereocenters. The molecule has 2 aromatic heterocycles. The van der Waals surface area contributed by atoms with E-state index in [4.69, 9.17) is 21.5 Å². The number of nitrogens with one attached hydrogen (secondary N) is 1. The lowest BCUT2D eigenvalue weighted by Gasteiger charge is -2.19. The van der Waals surface area contributed by atoms with Crippen LogP contribution in [0.1, 0.15) is 32.3 Å². The molecule has 118 valence electrons. The average molecular weight is 327 g/mol. The number of hydrogen-bond acceptors (Lipinski definition) is 7. The van der Waals surface area contributed by atoms with E-state index in [2.05, 4.69) is 25.8 Å². The molecule has 9 nitrogen and oxygen atoms in total. The molecule has 0 aliphatic carbocycles. The number of nitrogens with zero attached hydrogens (tertiary/aromatic N) is 5. The van der Waals surface area contributed by atoms with Crippen molar-refractivity contribution in [1.29, 1.82) is 0 Å². The minimum absolute atomic E-state index is 0.0699. The smallest absolute Gasteiger partial charge is 0.408 e. The van der Waals surface area contributed by atoms with Gasteiger partial charge in [0.2, 0.25) is 0 Å². The SMILES string of the molecule is CC(C)(C)OC(=O)NCc1nnc2ccc(C(Cl)=NO)nn12. The number of oxime groups is 1. The summed E-state index contributed by atoms with van der Waals surface area (Å²) < 4.78 is 6.52. The topological polar surface area (TPSA) is 114 Å². The molecule has 2 aromatic rings. The third kappa shape index (κ3) is 3.82. The molecule has 0 spiro atoms. The second-order valence-electron chi connectivity index (χ2n) is 5.35. The molecule has 10 heteroatoms. The predicted molar refractivity (Wildman–Crippen MR) is 78.0 cm³/mol. The van der Waals surface area contributed by atoms with Crippen molar-refractivity contribution in [1.82, 2.24) is 25.1 Å². The zero-order valence-electron chi connectivity index (χ0n) is 12.2. The van der Waals surface area contributed by atoms with Crippen molar-refractivity contribution < 1.29 is 14.7 Å². The molecule has 0 aliphatic heterocycles. The summed E-state index contributed by atoms with van der Waals surface area (Å²) in [5.74, 6) is 0.380. The lowest BCUT2D eigenvalue weighted by atomic mass is 10.2. The van der Waals surface area contributed by atoms with Crippen molar-refractivity contribution in [2.75, 3.05) is 0 Å². The Morgan fingerprint density at radius 2 is 2.18 bits per heavy atom. The number of amides is 1. The molecule has 22 heavy (non-hydrogen) atoms. The Hall–Kier alpha value is -2.42. The van der Waals surface area contributed by atoms with Crippen molar-refractivity contribution in [2.45, 2.75) is 32.9 Å². The van der Waals surface area contributed by atoms with Gasteiger partial charge in [-0.15, -0.1) is 10.2 Å². The minimum Gasteiger partial charge on any atom is -0.444 e. The molecule has 0 fully saturated rings. The Morgan fingerprint density at radius 1 is 1.45 bits per heavy atom. The van der Waals surface area contributed by atoms with Gasteiger partial charge < -0.3 is 15.3 Å². The third-order valence-electron chi connectivity index (χ3n) is 2.42. The fourth-order valence-corrected chi connectivity index (χ4v) is 1.67. The van der Waals surface area contributed by atoms with Gasteiger partial charge in [0, 0.05) is 0 Å². The summed E-state index contributed by atoms with van der Waals surface area (Å²) >= 11 is 5.70. The fourth-order valence-electron chi connectivity index (χ4n) is 1.57. The summed E-state index contributed by atoms with van der Waals surface area (Å²) in [5, 5.41) is 25.9. The monoisotopic (exact) mass is 326 g/mol. The molecule has 2 N–H and O–H groups in total. The van der Waals surface area contributed by atoms with Gasteiger partial charge in [0.25, 0.3) is 0 Å². The molecular weight excluding hydrogens is 312 g/mol. The molecule has 0 radical (unpaired) electrons. The Kier molecular flexibility index (Phi) is 4.45. The number of carbonyl (C=O) groups excluding carboxylic acids is 1. The van der Waals surface area contributed by atoms with Crippen molar-refractivity contribution in [3.05, 3.63) is 23.7 Å². The van der Waals surface area contributed by atoms with Gasteiger partial charge in [-0.05, 0) is 32.9 Å². The number of halogens is 1. The Morgan fingerprint density at radius 3 is 2.82 bits per heavy atom. The zero-order chi connectivity index (χ0) is 16.3. The predicted octanol–water partition coefficient (Wildman–Crippen LogP) is 1.52. The van der Waals surface area contributed by atoms with Gasteiger partial charge in [0.05, 0.1) is 6.54 Å². The highest BCUT2D eigenvalue weighted by Gasteiger charge is 2.17. The molecule has 1 amide bonds.